The number of likely N-dealkylation sites (N-methyl/N-ethyl adjacent to an activating group) is 1. The van der Waals surface area contributed by atoms with E-state index in [-0.39, 0.29) is 5.91 Å². The van der Waals surface area contributed by atoms with E-state index in [1.54, 1.807) is 6.07 Å². The molecule has 0 radical (unpaired) electrons. The van der Waals surface area contributed by atoms with E-state index in [2.05, 4.69) is 38.2 Å². The maximum atomic E-state index is 12.4. The molecule has 1 fully saturated rings. The summed E-state index contributed by atoms with van der Waals surface area (Å²) in [5, 5.41) is 2.85. The molecule has 1 aromatic heterocycles. The molecule has 27 heavy (non-hydrogen) atoms. The fourth-order valence-corrected chi connectivity index (χ4v) is 3.12. The van der Waals surface area contributed by atoms with Gasteiger partial charge >= 0.3 is 0 Å². The van der Waals surface area contributed by atoms with Gasteiger partial charge in [-0.15, -0.1) is 0 Å². The number of rotatable bonds is 6. The molecule has 0 saturated carbocycles. The van der Waals surface area contributed by atoms with Crippen LogP contribution in [0.5, 0.6) is 5.75 Å². The Balaban J connectivity index is 1.50. The lowest BCUT2D eigenvalue weighted by Gasteiger charge is -2.33. The number of aromatic nitrogens is 2. The van der Waals surface area contributed by atoms with Crippen LogP contribution in [-0.2, 0) is 0 Å². The van der Waals surface area contributed by atoms with E-state index < -0.39 is 0 Å². The van der Waals surface area contributed by atoms with Gasteiger partial charge < -0.3 is 19.9 Å². The standard InChI is InChI=1S/C20H27N5O2/c1-15-10-16(2)12-17(11-15)27-9-4-21-20(26)18-13-19(23-14-22-18)25-7-5-24(3)6-8-25/h10-14H,4-9H2,1-3H3,(H,21,26). The first-order valence-corrected chi connectivity index (χ1v) is 9.26. The number of anilines is 1. The number of ether oxygens (including phenoxy) is 1. The number of piperazine rings is 1. The van der Waals surface area contributed by atoms with Crippen molar-refractivity contribution in [1.29, 1.82) is 0 Å². The number of hydrogen-bond donors (Lipinski definition) is 1. The van der Waals surface area contributed by atoms with Gasteiger partial charge in [0.25, 0.3) is 5.91 Å². The van der Waals surface area contributed by atoms with Crippen molar-refractivity contribution in [3.63, 3.8) is 0 Å². The molecule has 7 nitrogen and oxygen atoms in total. The molecule has 0 unspecified atom stereocenters. The van der Waals surface area contributed by atoms with Gasteiger partial charge in [0.1, 0.15) is 30.2 Å². The molecule has 0 atom stereocenters. The molecular formula is C20H27N5O2. The van der Waals surface area contributed by atoms with Gasteiger partial charge in [-0.1, -0.05) is 6.07 Å². The average Bonchev–Trinajstić information content (AvgIpc) is 2.65. The van der Waals surface area contributed by atoms with Crippen LogP contribution in [0.4, 0.5) is 5.82 Å². The summed E-state index contributed by atoms with van der Waals surface area (Å²) in [6.45, 7) is 8.67. The van der Waals surface area contributed by atoms with Gasteiger partial charge in [0.15, 0.2) is 0 Å². The van der Waals surface area contributed by atoms with Crippen molar-refractivity contribution in [2.75, 3.05) is 51.3 Å². The zero-order chi connectivity index (χ0) is 19.2. The molecule has 1 aliphatic heterocycles. The van der Waals surface area contributed by atoms with Crippen molar-refractivity contribution in [2.24, 2.45) is 0 Å². The molecule has 0 aliphatic carbocycles. The Kier molecular flexibility index (Phi) is 6.24. The SMILES string of the molecule is Cc1cc(C)cc(OCCNC(=O)c2cc(N3CCN(C)CC3)ncn2)c1. The zero-order valence-electron chi connectivity index (χ0n) is 16.2. The topological polar surface area (TPSA) is 70.6 Å². The minimum atomic E-state index is -0.211. The summed E-state index contributed by atoms with van der Waals surface area (Å²) in [7, 11) is 2.11. The van der Waals surface area contributed by atoms with Crippen LogP contribution in [0, 0.1) is 13.8 Å². The number of amides is 1. The number of aryl methyl sites for hydroxylation is 2. The van der Waals surface area contributed by atoms with Crippen molar-refractivity contribution in [3.05, 3.63) is 47.4 Å². The van der Waals surface area contributed by atoms with Gasteiger partial charge in [-0.2, -0.15) is 0 Å². The average molecular weight is 369 g/mol. The summed E-state index contributed by atoms with van der Waals surface area (Å²) in [5.41, 5.74) is 2.70. The van der Waals surface area contributed by atoms with Crippen LogP contribution in [0.2, 0.25) is 0 Å². The fourth-order valence-electron chi connectivity index (χ4n) is 3.12. The molecule has 1 amide bonds. The number of nitrogens with zero attached hydrogens (tertiary/aromatic N) is 4. The molecule has 144 valence electrons. The molecule has 0 bridgehead atoms. The number of hydrogen-bond acceptors (Lipinski definition) is 6. The Hall–Kier alpha value is -2.67. The number of carbonyl (C=O) groups excluding carboxylic acids is 1. The van der Waals surface area contributed by atoms with Crippen molar-refractivity contribution in [3.8, 4) is 5.75 Å². The van der Waals surface area contributed by atoms with Crippen LogP contribution in [0.3, 0.4) is 0 Å². The second-order valence-corrected chi connectivity index (χ2v) is 6.98. The highest BCUT2D eigenvalue weighted by molar-refractivity contribution is 5.92. The highest BCUT2D eigenvalue weighted by atomic mass is 16.5. The minimum absolute atomic E-state index is 0.211. The van der Waals surface area contributed by atoms with E-state index in [4.69, 9.17) is 4.74 Å². The van der Waals surface area contributed by atoms with Crippen molar-refractivity contribution in [1.82, 2.24) is 20.2 Å². The lowest BCUT2D eigenvalue weighted by molar-refractivity contribution is 0.0942. The number of nitrogens with one attached hydrogen (secondary N) is 1. The Labute approximate surface area is 160 Å². The largest absolute Gasteiger partial charge is 0.492 e. The lowest BCUT2D eigenvalue weighted by atomic mass is 10.1. The normalized spacial score (nSPS) is 14.9. The Bertz CT molecular complexity index is 767. The first-order valence-electron chi connectivity index (χ1n) is 9.26. The smallest absolute Gasteiger partial charge is 0.270 e. The summed E-state index contributed by atoms with van der Waals surface area (Å²) in [6, 6.07) is 7.83. The highest BCUT2D eigenvalue weighted by Gasteiger charge is 2.17. The van der Waals surface area contributed by atoms with E-state index in [9.17, 15) is 4.79 Å². The van der Waals surface area contributed by atoms with Crippen LogP contribution in [0.25, 0.3) is 0 Å². The quantitative estimate of drug-likeness (QED) is 0.781. The lowest BCUT2D eigenvalue weighted by Crippen LogP contribution is -2.45. The van der Waals surface area contributed by atoms with E-state index in [0.717, 1.165) is 48.9 Å². The third-order valence-corrected chi connectivity index (χ3v) is 4.56. The molecule has 2 heterocycles. The van der Waals surface area contributed by atoms with Gasteiger partial charge in [-0.05, 0) is 44.2 Å². The van der Waals surface area contributed by atoms with Crippen LogP contribution in [-0.4, -0.2) is 67.2 Å². The maximum absolute atomic E-state index is 12.4. The van der Waals surface area contributed by atoms with E-state index >= 15 is 0 Å². The molecular weight excluding hydrogens is 342 g/mol. The summed E-state index contributed by atoms with van der Waals surface area (Å²) < 4.78 is 5.72. The summed E-state index contributed by atoms with van der Waals surface area (Å²) >= 11 is 0. The zero-order valence-corrected chi connectivity index (χ0v) is 16.2. The molecule has 1 N–H and O–H groups in total. The molecule has 2 aromatic rings. The molecule has 1 aliphatic rings. The predicted molar refractivity (Wildman–Crippen MR) is 105 cm³/mol. The molecule has 3 rings (SSSR count). The van der Waals surface area contributed by atoms with Crippen molar-refractivity contribution < 1.29 is 9.53 Å². The third kappa shape index (κ3) is 5.40. The molecule has 7 heteroatoms. The maximum Gasteiger partial charge on any atom is 0.270 e. The summed E-state index contributed by atoms with van der Waals surface area (Å²) in [4.78, 5) is 25.3. The van der Waals surface area contributed by atoms with Crippen molar-refractivity contribution in [2.45, 2.75) is 13.8 Å². The van der Waals surface area contributed by atoms with Gasteiger partial charge in [0.2, 0.25) is 0 Å². The van der Waals surface area contributed by atoms with Crippen LogP contribution >= 0.6 is 0 Å². The third-order valence-electron chi connectivity index (χ3n) is 4.56. The van der Waals surface area contributed by atoms with Crippen LogP contribution in [0.1, 0.15) is 21.6 Å². The fraction of sp³-hybridized carbons (Fsp3) is 0.450. The van der Waals surface area contributed by atoms with Gasteiger partial charge in [0, 0.05) is 32.2 Å². The second kappa shape index (κ2) is 8.81. The monoisotopic (exact) mass is 369 g/mol. The molecule has 1 saturated heterocycles. The summed E-state index contributed by atoms with van der Waals surface area (Å²) in [5.74, 6) is 1.41. The second-order valence-electron chi connectivity index (χ2n) is 6.98. The minimum Gasteiger partial charge on any atom is -0.492 e. The number of benzene rings is 1. The summed E-state index contributed by atoms with van der Waals surface area (Å²) in [6.07, 6.45) is 1.45. The Morgan fingerprint density at radius 1 is 1.07 bits per heavy atom. The molecule has 0 spiro atoms. The first kappa shape index (κ1) is 19.1. The van der Waals surface area contributed by atoms with Gasteiger partial charge in [0.05, 0.1) is 6.54 Å². The van der Waals surface area contributed by atoms with Crippen LogP contribution in [0.15, 0.2) is 30.6 Å². The van der Waals surface area contributed by atoms with Crippen molar-refractivity contribution >= 4 is 11.7 Å². The van der Waals surface area contributed by atoms with Crippen LogP contribution < -0.4 is 15.0 Å². The Morgan fingerprint density at radius 3 is 2.48 bits per heavy atom. The molecule has 1 aromatic carbocycles. The van der Waals surface area contributed by atoms with E-state index in [1.165, 1.54) is 6.33 Å². The van der Waals surface area contributed by atoms with E-state index in [1.807, 2.05) is 26.0 Å². The first-order chi connectivity index (χ1) is 13.0. The van der Waals surface area contributed by atoms with E-state index in [0.29, 0.717) is 18.8 Å². The van der Waals surface area contributed by atoms with Gasteiger partial charge in [-0.25, -0.2) is 9.97 Å². The Morgan fingerprint density at radius 2 is 1.78 bits per heavy atom. The highest BCUT2D eigenvalue weighted by Crippen LogP contribution is 2.16. The van der Waals surface area contributed by atoms with Gasteiger partial charge in [-0.3, -0.25) is 4.79 Å². The predicted octanol–water partition coefficient (Wildman–Crippen LogP) is 1.65. The number of carbonyl (C=O) groups is 1.